The molecule has 2 heteroatoms. The lowest BCUT2D eigenvalue weighted by Gasteiger charge is -2.45. The van der Waals surface area contributed by atoms with Gasteiger partial charge in [0.15, 0.2) is 0 Å². The van der Waals surface area contributed by atoms with Crippen LogP contribution in [0.15, 0.2) is 24.3 Å². The van der Waals surface area contributed by atoms with E-state index in [4.69, 9.17) is 0 Å². The number of nitrogens with zero attached hydrogens (tertiary/aromatic N) is 1. The van der Waals surface area contributed by atoms with E-state index in [9.17, 15) is 0 Å². The first-order valence-electron chi connectivity index (χ1n) is 6.27. The molecule has 1 aliphatic heterocycles. The average Bonchev–Trinajstić information content (AvgIpc) is 3.06. The molecule has 1 N–H and O–H groups in total. The standard InChI is InChI=1S/C14H20N2/c1-14(2)10-15-12-5-3-4-6-13(12)16(14)9-11-7-8-11/h3-6,11,15H,7-10H2,1-2H3. The Bertz CT molecular complexity index is 393. The lowest BCUT2D eigenvalue weighted by atomic mass is 9.97. The normalized spacial score (nSPS) is 22.5. The second kappa shape index (κ2) is 3.41. The van der Waals surface area contributed by atoms with Gasteiger partial charge in [-0.1, -0.05) is 12.1 Å². The van der Waals surface area contributed by atoms with Gasteiger partial charge in [0, 0.05) is 13.1 Å². The molecule has 0 atom stereocenters. The van der Waals surface area contributed by atoms with E-state index in [0.29, 0.717) is 0 Å². The van der Waals surface area contributed by atoms with Crippen molar-refractivity contribution in [1.82, 2.24) is 0 Å². The van der Waals surface area contributed by atoms with Crippen LogP contribution in [0.2, 0.25) is 0 Å². The summed E-state index contributed by atoms with van der Waals surface area (Å²) in [6.07, 6.45) is 2.84. The SMILES string of the molecule is CC1(C)CNc2ccccc2N1CC1CC1. The zero-order valence-corrected chi connectivity index (χ0v) is 10.2. The Morgan fingerprint density at radius 2 is 2.06 bits per heavy atom. The highest BCUT2D eigenvalue weighted by Crippen LogP contribution is 2.40. The Morgan fingerprint density at radius 3 is 2.81 bits per heavy atom. The van der Waals surface area contributed by atoms with Gasteiger partial charge in [0.05, 0.1) is 16.9 Å². The quantitative estimate of drug-likeness (QED) is 0.817. The van der Waals surface area contributed by atoms with E-state index in [-0.39, 0.29) is 5.54 Å². The van der Waals surface area contributed by atoms with Crippen molar-refractivity contribution in [3.8, 4) is 0 Å². The van der Waals surface area contributed by atoms with Crippen LogP contribution in [0.25, 0.3) is 0 Å². The molecule has 0 saturated heterocycles. The third kappa shape index (κ3) is 1.66. The highest BCUT2D eigenvalue weighted by molar-refractivity contribution is 5.73. The van der Waals surface area contributed by atoms with Crippen LogP contribution in [-0.2, 0) is 0 Å². The van der Waals surface area contributed by atoms with Crippen LogP contribution in [0.3, 0.4) is 0 Å². The molecule has 2 aliphatic rings. The number of nitrogens with one attached hydrogen (secondary N) is 1. The monoisotopic (exact) mass is 216 g/mol. The van der Waals surface area contributed by atoms with Crippen molar-refractivity contribution >= 4 is 11.4 Å². The minimum Gasteiger partial charge on any atom is -0.381 e. The first-order valence-corrected chi connectivity index (χ1v) is 6.27. The highest BCUT2D eigenvalue weighted by Gasteiger charge is 2.36. The largest absolute Gasteiger partial charge is 0.381 e. The van der Waals surface area contributed by atoms with Gasteiger partial charge in [-0.25, -0.2) is 0 Å². The summed E-state index contributed by atoms with van der Waals surface area (Å²) >= 11 is 0. The Morgan fingerprint density at radius 1 is 1.31 bits per heavy atom. The molecule has 0 aromatic heterocycles. The zero-order valence-electron chi connectivity index (χ0n) is 10.2. The molecule has 1 fully saturated rings. The summed E-state index contributed by atoms with van der Waals surface area (Å²) in [7, 11) is 0. The van der Waals surface area contributed by atoms with Gasteiger partial charge in [0.2, 0.25) is 0 Å². The third-order valence-corrected chi connectivity index (χ3v) is 3.77. The van der Waals surface area contributed by atoms with E-state index in [1.807, 2.05) is 0 Å². The molecule has 0 amide bonds. The Hall–Kier alpha value is -1.18. The molecule has 0 unspecified atom stereocenters. The van der Waals surface area contributed by atoms with Gasteiger partial charge in [-0.3, -0.25) is 0 Å². The third-order valence-electron chi connectivity index (χ3n) is 3.77. The number of rotatable bonds is 2. The van der Waals surface area contributed by atoms with Gasteiger partial charge >= 0.3 is 0 Å². The van der Waals surface area contributed by atoms with E-state index in [1.54, 1.807) is 0 Å². The molecule has 1 aromatic carbocycles. The second-order valence-corrected chi connectivity index (χ2v) is 5.74. The molecule has 0 radical (unpaired) electrons. The van der Waals surface area contributed by atoms with Gasteiger partial charge in [-0.05, 0) is 44.7 Å². The Kier molecular flexibility index (Phi) is 2.13. The van der Waals surface area contributed by atoms with Crippen molar-refractivity contribution < 1.29 is 0 Å². The van der Waals surface area contributed by atoms with Crippen molar-refractivity contribution in [3.63, 3.8) is 0 Å². The van der Waals surface area contributed by atoms with Gasteiger partial charge < -0.3 is 10.2 Å². The summed E-state index contributed by atoms with van der Waals surface area (Å²) in [5.41, 5.74) is 2.91. The zero-order chi connectivity index (χ0) is 11.2. The minimum absolute atomic E-state index is 0.233. The number of para-hydroxylation sites is 2. The van der Waals surface area contributed by atoms with Gasteiger partial charge in [-0.15, -0.1) is 0 Å². The summed E-state index contributed by atoms with van der Waals surface area (Å²) in [6, 6.07) is 8.68. The smallest absolute Gasteiger partial charge is 0.0607 e. The lowest BCUT2D eigenvalue weighted by molar-refractivity contribution is 0.462. The second-order valence-electron chi connectivity index (χ2n) is 5.74. The first kappa shape index (κ1) is 10.0. The van der Waals surface area contributed by atoms with Crippen LogP contribution in [0.4, 0.5) is 11.4 Å². The number of fused-ring (bicyclic) bond motifs is 1. The fourth-order valence-electron chi connectivity index (χ4n) is 2.50. The van der Waals surface area contributed by atoms with Gasteiger partial charge in [0.1, 0.15) is 0 Å². The van der Waals surface area contributed by atoms with Crippen molar-refractivity contribution in [3.05, 3.63) is 24.3 Å². The van der Waals surface area contributed by atoms with Crippen LogP contribution in [0, 0.1) is 5.92 Å². The average molecular weight is 216 g/mol. The summed E-state index contributed by atoms with van der Waals surface area (Å²) in [5, 5.41) is 3.53. The van der Waals surface area contributed by atoms with Gasteiger partial charge in [0.25, 0.3) is 0 Å². The summed E-state index contributed by atoms with van der Waals surface area (Å²) < 4.78 is 0. The molecule has 86 valence electrons. The maximum absolute atomic E-state index is 3.53. The first-order chi connectivity index (χ1) is 7.67. The number of benzene rings is 1. The van der Waals surface area contributed by atoms with Crippen LogP contribution < -0.4 is 10.2 Å². The lowest BCUT2D eigenvalue weighted by Crippen LogP contribution is -2.53. The van der Waals surface area contributed by atoms with E-state index in [0.717, 1.165) is 12.5 Å². The van der Waals surface area contributed by atoms with Crippen LogP contribution in [0.5, 0.6) is 0 Å². The number of hydrogen-bond acceptors (Lipinski definition) is 2. The summed E-state index contributed by atoms with van der Waals surface area (Å²) in [5.74, 6) is 0.936. The van der Waals surface area contributed by atoms with Crippen LogP contribution in [-0.4, -0.2) is 18.6 Å². The molecular weight excluding hydrogens is 196 g/mol. The summed E-state index contributed by atoms with van der Waals surface area (Å²) in [4.78, 5) is 2.59. The predicted molar refractivity (Wildman–Crippen MR) is 69.1 cm³/mol. The Labute approximate surface area is 97.6 Å². The molecule has 1 aromatic rings. The fraction of sp³-hybridized carbons (Fsp3) is 0.571. The molecule has 16 heavy (non-hydrogen) atoms. The predicted octanol–water partition coefficient (Wildman–Crippen LogP) is 3.11. The Balaban J connectivity index is 1.96. The van der Waals surface area contributed by atoms with Crippen molar-refractivity contribution in [2.75, 3.05) is 23.3 Å². The number of hydrogen-bond donors (Lipinski definition) is 1. The van der Waals surface area contributed by atoms with Crippen LogP contribution in [0.1, 0.15) is 26.7 Å². The molecule has 1 heterocycles. The molecular formula is C14H20N2. The molecule has 0 spiro atoms. The highest BCUT2D eigenvalue weighted by atomic mass is 15.3. The molecule has 0 bridgehead atoms. The van der Waals surface area contributed by atoms with Crippen LogP contribution >= 0.6 is 0 Å². The maximum atomic E-state index is 3.53. The number of anilines is 2. The minimum atomic E-state index is 0.233. The van der Waals surface area contributed by atoms with Crippen molar-refractivity contribution in [2.45, 2.75) is 32.2 Å². The fourth-order valence-corrected chi connectivity index (χ4v) is 2.50. The van der Waals surface area contributed by atoms with Gasteiger partial charge in [-0.2, -0.15) is 0 Å². The summed E-state index contributed by atoms with van der Waals surface area (Å²) in [6.45, 7) is 6.93. The van der Waals surface area contributed by atoms with E-state index >= 15 is 0 Å². The topological polar surface area (TPSA) is 15.3 Å². The molecule has 1 saturated carbocycles. The van der Waals surface area contributed by atoms with Crippen molar-refractivity contribution in [2.24, 2.45) is 5.92 Å². The van der Waals surface area contributed by atoms with Crippen molar-refractivity contribution in [1.29, 1.82) is 0 Å². The van der Waals surface area contributed by atoms with E-state index in [1.165, 1.54) is 30.8 Å². The molecule has 2 nitrogen and oxygen atoms in total. The molecule has 1 aliphatic carbocycles. The maximum Gasteiger partial charge on any atom is 0.0607 e. The molecule has 3 rings (SSSR count). The van der Waals surface area contributed by atoms with E-state index < -0.39 is 0 Å². The van der Waals surface area contributed by atoms with E-state index in [2.05, 4.69) is 48.3 Å².